The molecule has 0 radical (unpaired) electrons. The maximum Gasteiger partial charge on any atom is 0.0593 e. The van der Waals surface area contributed by atoms with E-state index in [1.54, 1.807) is 0 Å². The summed E-state index contributed by atoms with van der Waals surface area (Å²) in [5.74, 6) is 0. The van der Waals surface area contributed by atoms with Crippen molar-refractivity contribution >= 4 is 0 Å². The lowest BCUT2D eigenvalue weighted by Gasteiger charge is -2.16. The summed E-state index contributed by atoms with van der Waals surface area (Å²) in [6, 6.07) is 0. The summed E-state index contributed by atoms with van der Waals surface area (Å²) in [4.78, 5) is 2.25. The monoisotopic (exact) mass is 189 g/mol. The van der Waals surface area contributed by atoms with Gasteiger partial charge < -0.3 is 20.7 Å². The van der Waals surface area contributed by atoms with E-state index in [1.165, 1.54) is 0 Å². The number of nitrogens with zero attached hydrogens (tertiary/aromatic N) is 1. The van der Waals surface area contributed by atoms with E-state index in [2.05, 4.69) is 24.2 Å². The fourth-order valence-electron chi connectivity index (χ4n) is 0.964. The molecule has 3 N–H and O–H groups in total. The predicted molar refractivity (Wildman–Crippen MR) is 55.9 cm³/mol. The van der Waals surface area contributed by atoms with Crippen molar-refractivity contribution in [1.29, 1.82) is 0 Å². The first kappa shape index (κ1) is 12.8. The third kappa shape index (κ3) is 9.76. The Hall–Kier alpha value is -0.160. The molecule has 0 aromatic rings. The highest BCUT2D eigenvalue weighted by Gasteiger charge is 1.96. The first-order chi connectivity index (χ1) is 6.31. The zero-order chi connectivity index (χ0) is 9.94. The van der Waals surface area contributed by atoms with Crippen LogP contribution in [-0.2, 0) is 4.74 Å². The third-order valence-electron chi connectivity index (χ3n) is 1.80. The molecule has 0 bridgehead atoms. The molecule has 0 aliphatic carbocycles. The van der Waals surface area contributed by atoms with Crippen molar-refractivity contribution in [3.8, 4) is 0 Å². The van der Waals surface area contributed by atoms with Crippen LogP contribution in [-0.4, -0.2) is 57.9 Å². The summed E-state index contributed by atoms with van der Waals surface area (Å²) >= 11 is 0. The fraction of sp³-hybridized carbons (Fsp3) is 1.00. The van der Waals surface area contributed by atoms with Gasteiger partial charge >= 0.3 is 0 Å². The van der Waals surface area contributed by atoms with E-state index >= 15 is 0 Å². The van der Waals surface area contributed by atoms with Crippen LogP contribution in [0.3, 0.4) is 0 Å². The van der Waals surface area contributed by atoms with Crippen LogP contribution in [0.25, 0.3) is 0 Å². The van der Waals surface area contributed by atoms with Crippen LogP contribution in [0.1, 0.15) is 6.92 Å². The fourth-order valence-corrected chi connectivity index (χ4v) is 0.964. The Morgan fingerprint density at radius 3 is 2.69 bits per heavy atom. The standard InChI is InChI=1S/C9H23N3O/c1-3-11-5-6-12(2)7-9-13-8-4-10/h11H,3-10H2,1-2H3. The maximum absolute atomic E-state index is 5.30. The SMILES string of the molecule is CCNCCN(C)CCOCCN. The van der Waals surface area contributed by atoms with Crippen LogP contribution in [0.5, 0.6) is 0 Å². The lowest BCUT2D eigenvalue weighted by Crippen LogP contribution is -2.31. The zero-order valence-corrected chi connectivity index (χ0v) is 8.88. The minimum Gasteiger partial charge on any atom is -0.379 e. The van der Waals surface area contributed by atoms with Gasteiger partial charge in [0.1, 0.15) is 0 Å². The highest BCUT2D eigenvalue weighted by Crippen LogP contribution is 1.81. The summed E-state index contributed by atoms with van der Waals surface area (Å²) in [5.41, 5.74) is 5.30. The molecule has 0 saturated carbocycles. The van der Waals surface area contributed by atoms with Crippen LogP contribution in [0, 0.1) is 0 Å². The first-order valence-corrected chi connectivity index (χ1v) is 4.98. The maximum atomic E-state index is 5.30. The molecule has 0 fully saturated rings. The second kappa shape index (κ2) is 9.92. The average molecular weight is 189 g/mol. The van der Waals surface area contributed by atoms with Crippen molar-refractivity contribution < 1.29 is 4.74 Å². The van der Waals surface area contributed by atoms with E-state index in [-0.39, 0.29) is 0 Å². The zero-order valence-electron chi connectivity index (χ0n) is 8.88. The molecule has 0 aliphatic rings. The molecule has 0 spiro atoms. The van der Waals surface area contributed by atoms with Gasteiger partial charge in [0.2, 0.25) is 0 Å². The Balaban J connectivity index is 3.05. The molecule has 0 aliphatic heterocycles. The quantitative estimate of drug-likeness (QED) is 0.480. The number of hydrogen-bond donors (Lipinski definition) is 2. The van der Waals surface area contributed by atoms with E-state index in [0.29, 0.717) is 13.2 Å². The Morgan fingerprint density at radius 2 is 2.08 bits per heavy atom. The Morgan fingerprint density at radius 1 is 1.31 bits per heavy atom. The lowest BCUT2D eigenvalue weighted by molar-refractivity contribution is 0.118. The van der Waals surface area contributed by atoms with Crippen molar-refractivity contribution in [2.75, 3.05) is 53.0 Å². The van der Waals surface area contributed by atoms with Crippen LogP contribution in [0.2, 0.25) is 0 Å². The molecular weight excluding hydrogens is 166 g/mol. The smallest absolute Gasteiger partial charge is 0.0593 e. The van der Waals surface area contributed by atoms with Gasteiger partial charge in [0, 0.05) is 26.2 Å². The van der Waals surface area contributed by atoms with Gasteiger partial charge in [-0.05, 0) is 13.6 Å². The van der Waals surface area contributed by atoms with Crippen molar-refractivity contribution in [3.05, 3.63) is 0 Å². The molecule has 80 valence electrons. The molecule has 4 nitrogen and oxygen atoms in total. The molecule has 0 heterocycles. The van der Waals surface area contributed by atoms with Gasteiger partial charge in [-0.3, -0.25) is 0 Å². The third-order valence-corrected chi connectivity index (χ3v) is 1.80. The summed E-state index contributed by atoms with van der Waals surface area (Å²) in [6.07, 6.45) is 0. The summed E-state index contributed by atoms with van der Waals surface area (Å²) in [6.45, 7) is 8.30. The Labute approximate surface area is 81.4 Å². The summed E-state index contributed by atoms with van der Waals surface area (Å²) in [7, 11) is 2.10. The lowest BCUT2D eigenvalue weighted by atomic mass is 10.5. The molecule has 0 aromatic carbocycles. The van der Waals surface area contributed by atoms with Gasteiger partial charge in [-0.25, -0.2) is 0 Å². The normalized spacial score (nSPS) is 11.1. The van der Waals surface area contributed by atoms with Gasteiger partial charge in [-0.2, -0.15) is 0 Å². The van der Waals surface area contributed by atoms with Crippen LogP contribution in [0.15, 0.2) is 0 Å². The molecular formula is C9H23N3O. The predicted octanol–water partition coefficient (Wildman–Crippen LogP) is -0.497. The van der Waals surface area contributed by atoms with Gasteiger partial charge in [0.25, 0.3) is 0 Å². The van der Waals surface area contributed by atoms with Crippen molar-refractivity contribution in [2.45, 2.75) is 6.92 Å². The topological polar surface area (TPSA) is 50.5 Å². The number of nitrogens with one attached hydrogen (secondary N) is 1. The minimum atomic E-state index is 0.612. The number of rotatable bonds is 9. The summed E-state index contributed by atoms with van der Waals surface area (Å²) < 4.78 is 5.27. The second-order valence-electron chi connectivity index (χ2n) is 3.06. The van der Waals surface area contributed by atoms with Gasteiger partial charge in [0.15, 0.2) is 0 Å². The van der Waals surface area contributed by atoms with Crippen molar-refractivity contribution in [2.24, 2.45) is 5.73 Å². The van der Waals surface area contributed by atoms with Gasteiger partial charge in [-0.15, -0.1) is 0 Å². The van der Waals surface area contributed by atoms with Crippen LogP contribution < -0.4 is 11.1 Å². The molecule has 0 saturated heterocycles. The molecule has 0 amide bonds. The highest BCUT2D eigenvalue weighted by atomic mass is 16.5. The van der Waals surface area contributed by atoms with Gasteiger partial charge in [0.05, 0.1) is 13.2 Å². The molecule has 4 heteroatoms. The number of likely N-dealkylation sites (N-methyl/N-ethyl adjacent to an activating group) is 2. The largest absolute Gasteiger partial charge is 0.379 e. The van der Waals surface area contributed by atoms with Gasteiger partial charge in [-0.1, -0.05) is 6.92 Å². The van der Waals surface area contributed by atoms with Crippen LogP contribution in [0.4, 0.5) is 0 Å². The molecule has 0 atom stereocenters. The molecule has 0 unspecified atom stereocenters. The van der Waals surface area contributed by atoms with E-state index in [0.717, 1.165) is 32.8 Å². The molecule has 0 rings (SSSR count). The highest BCUT2D eigenvalue weighted by molar-refractivity contribution is 4.53. The number of nitrogens with two attached hydrogens (primary N) is 1. The number of hydrogen-bond acceptors (Lipinski definition) is 4. The second-order valence-corrected chi connectivity index (χ2v) is 3.06. The van der Waals surface area contributed by atoms with E-state index in [1.807, 2.05) is 0 Å². The molecule has 13 heavy (non-hydrogen) atoms. The Kier molecular flexibility index (Phi) is 9.80. The van der Waals surface area contributed by atoms with Crippen molar-refractivity contribution in [1.82, 2.24) is 10.2 Å². The minimum absolute atomic E-state index is 0.612. The summed E-state index contributed by atoms with van der Waals surface area (Å²) in [5, 5.41) is 3.28. The van der Waals surface area contributed by atoms with E-state index < -0.39 is 0 Å². The van der Waals surface area contributed by atoms with Crippen molar-refractivity contribution in [3.63, 3.8) is 0 Å². The van der Waals surface area contributed by atoms with Crippen LogP contribution >= 0.6 is 0 Å². The molecule has 0 aromatic heterocycles. The Bertz CT molecular complexity index is 101. The van der Waals surface area contributed by atoms with E-state index in [4.69, 9.17) is 10.5 Å². The first-order valence-electron chi connectivity index (χ1n) is 4.98. The van der Waals surface area contributed by atoms with E-state index in [9.17, 15) is 0 Å². The average Bonchev–Trinajstić information content (AvgIpc) is 2.13. The number of ether oxygens (including phenoxy) is 1.